The molecule has 0 fully saturated rings. The van der Waals surface area contributed by atoms with Crippen LogP contribution in [0.4, 0.5) is 4.39 Å². The van der Waals surface area contributed by atoms with Gasteiger partial charge in [0.2, 0.25) is 0 Å². The molecule has 0 spiro atoms. The lowest BCUT2D eigenvalue weighted by molar-refractivity contribution is 0.581. The van der Waals surface area contributed by atoms with E-state index in [9.17, 15) is 4.39 Å². The zero-order valence-electron chi connectivity index (χ0n) is 9.45. The lowest BCUT2D eigenvalue weighted by Gasteiger charge is -2.04. The highest BCUT2D eigenvalue weighted by Gasteiger charge is 2.05. The summed E-state index contributed by atoms with van der Waals surface area (Å²) in [6, 6.07) is 6.43. The van der Waals surface area contributed by atoms with E-state index >= 15 is 0 Å². The Morgan fingerprint density at radius 1 is 1.41 bits per heavy atom. The van der Waals surface area contributed by atoms with Gasteiger partial charge in [0.05, 0.1) is 12.2 Å². The van der Waals surface area contributed by atoms with Gasteiger partial charge in [-0.3, -0.25) is 4.68 Å². The number of hydrogen-bond acceptors (Lipinski definition) is 2. The molecule has 2 aromatic rings. The van der Waals surface area contributed by atoms with Crippen molar-refractivity contribution in [2.24, 2.45) is 0 Å². The summed E-state index contributed by atoms with van der Waals surface area (Å²) < 4.78 is 15.2. The molecule has 1 aromatic carbocycles. The summed E-state index contributed by atoms with van der Waals surface area (Å²) in [5.41, 5.74) is 1.46. The van der Waals surface area contributed by atoms with Crippen LogP contribution >= 0.6 is 11.6 Å². The van der Waals surface area contributed by atoms with Crippen molar-refractivity contribution in [3.8, 4) is 0 Å². The molecule has 1 aromatic heterocycles. The molecule has 0 amide bonds. The normalized spacial score (nSPS) is 10.8. The van der Waals surface area contributed by atoms with Crippen LogP contribution in [0.25, 0.3) is 0 Å². The molecule has 0 aliphatic heterocycles. The minimum Gasteiger partial charge on any atom is -0.314 e. The van der Waals surface area contributed by atoms with Gasteiger partial charge in [0.1, 0.15) is 5.82 Å². The first-order chi connectivity index (χ1) is 8.19. The van der Waals surface area contributed by atoms with Gasteiger partial charge in [0.25, 0.3) is 0 Å². The fourth-order valence-electron chi connectivity index (χ4n) is 1.61. The van der Waals surface area contributed by atoms with Crippen LogP contribution < -0.4 is 5.32 Å². The van der Waals surface area contributed by atoms with Crippen LogP contribution in [0.15, 0.2) is 30.5 Å². The van der Waals surface area contributed by atoms with Crippen LogP contribution in [-0.2, 0) is 13.1 Å². The van der Waals surface area contributed by atoms with Gasteiger partial charge in [-0.2, -0.15) is 5.10 Å². The molecule has 1 N–H and O–H groups in total. The van der Waals surface area contributed by atoms with Crippen LogP contribution in [0.5, 0.6) is 0 Å². The molecular formula is C12H13ClFN3. The van der Waals surface area contributed by atoms with Crippen LogP contribution in [0.3, 0.4) is 0 Å². The number of benzene rings is 1. The Labute approximate surface area is 104 Å². The molecule has 3 nitrogen and oxygen atoms in total. The van der Waals surface area contributed by atoms with E-state index < -0.39 is 0 Å². The molecule has 0 unspecified atom stereocenters. The van der Waals surface area contributed by atoms with Crippen molar-refractivity contribution in [3.05, 3.63) is 52.6 Å². The summed E-state index contributed by atoms with van der Waals surface area (Å²) in [4.78, 5) is 0. The first kappa shape index (κ1) is 12.1. The van der Waals surface area contributed by atoms with Crippen molar-refractivity contribution >= 4 is 11.6 Å². The number of nitrogens with zero attached hydrogens (tertiary/aromatic N) is 2. The third kappa shape index (κ3) is 3.05. The molecule has 0 radical (unpaired) electrons. The summed E-state index contributed by atoms with van der Waals surface area (Å²) in [6.45, 7) is 1.08. The monoisotopic (exact) mass is 253 g/mol. The molecule has 5 heteroatoms. The third-order valence-electron chi connectivity index (χ3n) is 2.39. The Balaban J connectivity index is 2.16. The minimum absolute atomic E-state index is 0.264. The van der Waals surface area contributed by atoms with Gasteiger partial charge in [-0.15, -0.1) is 0 Å². The highest BCUT2D eigenvalue weighted by atomic mass is 35.5. The Hall–Kier alpha value is -1.39. The highest BCUT2D eigenvalue weighted by molar-refractivity contribution is 6.30. The minimum atomic E-state index is -0.264. The smallest absolute Gasteiger partial charge is 0.128 e. The van der Waals surface area contributed by atoms with E-state index in [1.165, 1.54) is 12.1 Å². The van der Waals surface area contributed by atoms with Gasteiger partial charge < -0.3 is 5.32 Å². The van der Waals surface area contributed by atoms with E-state index in [0.29, 0.717) is 23.7 Å². The number of halogens is 2. The quantitative estimate of drug-likeness (QED) is 0.907. The summed E-state index contributed by atoms with van der Waals surface area (Å²) in [5.74, 6) is -0.264. The maximum Gasteiger partial charge on any atom is 0.128 e. The Morgan fingerprint density at radius 3 is 3.00 bits per heavy atom. The van der Waals surface area contributed by atoms with E-state index in [4.69, 9.17) is 11.6 Å². The van der Waals surface area contributed by atoms with E-state index in [1.807, 2.05) is 19.3 Å². The van der Waals surface area contributed by atoms with Crippen molar-refractivity contribution in [2.75, 3.05) is 7.05 Å². The fourth-order valence-corrected chi connectivity index (χ4v) is 1.80. The van der Waals surface area contributed by atoms with E-state index in [-0.39, 0.29) is 5.82 Å². The summed E-state index contributed by atoms with van der Waals surface area (Å²) in [5, 5.41) is 7.85. The number of aromatic nitrogens is 2. The molecule has 0 aliphatic rings. The van der Waals surface area contributed by atoms with Gasteiger partial charge in [0.15, 0.2) is 0 Å². The van der Waals surface area contributed by atoms with Crippen molar-refractivity contribution < 1.29 is 4.39 Å². The average molecular weight is 254 g/mol. The standard InChI is InChI=1S/C12H13ClFN3/c1-15-7-11-4-5-17(16-11)8-9-6-10(13)2-3-12(9)14/h2-6,15H,7-8H2,1H3. The lowest BCUT2D eigenvalue weighted by atomic mass is 10.2. The molecule has 1 heterocycles. The van der Waals surface area contributed by atoms with Gasteiger partial charge >= 0.3 is 0 Å². The molecule has 0 saturated carbocycles. The van der Waals surface area contributed by atoms with E-state index in [0.717, 1.165) is 5.69 Å². The molecule has 2 rings (SSSR count). The second-order valence-corrected chi connectivity index (χ2v) is 4.21. The predicted molar refractivity (Wildman–Crippen MR) is 65.5 cm³/mol. The topological polar surface area (TPSA) is 29.9 Å². The SMILES string of the molecule is CNCc1ccn(Cc2cc(Cl)ccc2F)n1. The van der Waals surface area contributed by atoms with Crippen LogP contribution in [-0.4, -0.2) is 16.8 Å². The van der Waals surface area contributed by atoms with Crippen molar-refractivity contribution in [2.45, 2.75) is 13.1 Å². The average Bonchev–Trinajstić information content (AvgIpc) is 2.72. The number of rotatable bonds is 4. The lowest BCUT2D eigenvalue weighted by Crippen LogP contribution is -2.08. The van der Waals surface area contributed by atoms with Crippen molar-refractivity contribution in [3.63, 3.8) is 0 Å². The molecule has 17 heavy (non-hydrogen) atoms. The van der Waals surface area contributed by atoms with Crippen LogP contribution in [0, 0.1) is 5.82 Å². The van der Waals surface area contributed by atoms with Gasteiger partial charge in [-0.1, -0.05) is 11.6 Å². The van der Waals surface area contributed by atoms with Crippen molar-refractivity contribution in [1.29, 1.82) is 0 Å². The summed E-state index contributed by atoms with van der Waals surface area (Å²) >= 11 is 5.83. The van der Waals surface area contributed by atoms with Crippen LogP contribution in [0.2, 0.25) is 5.02 Å². The van der Waals surface area contributed by atoms with E-state index in [1.54, 1.807) is 10.7 Å². The number of hydrogen-bond donors (Lipinski definition) is 1. The third-order valence-corrected chi connectivity index (χ3v) is 2.63. The molecular weight excluding hydrogens is 241 g/mol. The fraction of sp³-hybridized carbons (Fsp3) is 0.250. The molecule has 0 saturated heterocycles. The maximum atomic E-state index is 13.5. The zero-order chi connectivity index (χ0) is 12.3. The Morgan fingerprint density at radius 2 is 2.24 bits per heavy atom. The Kier molecular flexibility index (Phi) is 3.76. The first-order valence-electron chi connectivity index (χ1n) is 5.30. The largest absolute Gasteiger partial charge is 0.314 e. The maximum absolute atomic E-state index is 13.5. The van der Waals surface area contributed by atoms with Crippen LogP contribution in [0.1, 0.15) is 11.3 Å². The predicted octanol–water partition coefficient (Wildman–Crippen LogP) is 2.44. The van der Waals surface area contributed by atoms with E-state index in [2.05, 4.69) is 10.4 Å². The summed E-state index contributed by atoms with van der Waals surface area (Å²) in [6.07, 6.45) is 1.83. The molecule has 0 bridgehead atoms. The van der Waals surface area contributed by atoms with Gasteiger partial charge in [0, 0.05) is 23.3 Å². The number of nitrogens with one attached hydrogen (secondary N) is 1. The second-order valence-electron chi connectivity index (χ2n) is 3.77. The molecule has 0 atom stereocenters. The first-order valence-corrected chi connectivity index (χ1v) is 5.67. The van der Waals surface area contributed by atoms with Gasteiger partial charge in [-0.25, -0.2) is 4.39 Å². The molecule has 90 valence electrons. The van der Waals surface area contributed by atoms with Crippen molar-refractivity contribution in [1.82, 2.24) is 15.1 Å². The second kappa shape index (κ2) is 5.29. The summed E-state index contributed by atoms with van der Waals surface area (Å²) in [7, 11) is 1.86. The zero-order valence-corrected chi connectivity index (χ0v) is 10.2. The highest BCUT2D eigenvalue weighted by Crippen LogP contribution is 2.15. The molecule has 0 aliphatic carbocycles. The Bertz CT molecular complexity index is 510. The van der Waals surface area contributed by atoms with Gasteiger partial charge in [-0.05, 0) is 31.3 Å².